The van der Waals surface area contributed by atoms with Gasteiger partial charge in [-0.15, -0.1) is 0 Å². The maximum Gasteiger partial charge on any atom is 0.373 e. The summed E-state index contributed by atoms with van der Waals surface area (Å²) in [5.74, 6) is -1.48. The molecule has 1 aromatic carbocycles. The van der Waals surface area contributed by atoms with Crippen LogP contribution < -0.4 is 5.32 Å². The van der Waals surface area contributed by atoms with E-state index in [0.717, 1.165) is 0 Å². The largest absolute Gasteiger partial charge is 0.481 e. The number of nitrogens with zero attached hydrogens (tertiary/aromatic N) is 1. The molecule has 1 heterocycles. The normalized spacial score (nSPS) is 10.3. The van der Waals surface area contributed by atoms with Gasteiger partial charge in [0, 0.05) is 24.7 Å². The molecule has 0 aliphatic heterocycles. The van der Waals surface area contributed by atoms with E-state index in [1.807, 2.05) is 0 Å². The maximum atomic E-state index is 11.9. The molecule has 0 aliphatic rings. The van der Waals surface area contributed by atoms with Crippen LogP contribution in [0, 0.1) is 0 Å². The van der Waals surface area contributed by atoms with Crippen molar-refractivity contribution in [2.75, 3.05) is 26.0 Å². The van der Waals surface area contributed by atoms with Gasteiger partial charge in [-0.2, -0.15) is 0 Å². The summed E-state index contributed by atoms with van der Waals surface area (Å²) >= 11 is 0. The number of hydrogen-bond acceptors (Lipinski definition) is 5. The Morgan fingerprint density at radius 2 is 2.04 bits per heavy atom. The Morgan fingerprint density at radius 1 is 1.30 bits per heavy atom. The number of furan rings is 1. The minimum atomic E-state index is -0.972. The molecule has 0 fully saturated rings. The Morgan fingerprint density at radius 3 is 2.70 bits per heavy atom. The van der Waals surface area contributed by atoms with Gasteiger partial charge in [0.2, 0.25) is 5.76 Å². The Balaban J connectivity index is 2.09. The Bertz CT molecular complexity index is 752. The summed E-state index contributed by atoms with van der Waals surface area (Å²) in [6.45, 7) is 0.0988. The minimum absolute atomic E-state index is 0.0737. The molecule has 8 nitrogen and oxygen atoms in total. The van der Waals surface area contributed by atoms with Crippen molar-refractivity contribution < 1.29 is 28.6 Å². The molecule has 0 saturated carbocycles. The van der Waals surface area contributed by atoms with Crippen molar-refractivity contribution in [3.63, 3.8) is 0 Å². The summed E-state index contributed by atoms with van der Waals surface area (Å²) in [6.07, 6.45) is -0.132. The van der Waals surface area contributed by atoms with E-state index in [1.165, 1.54) is 25.1 Å². The number of carboxylic acid groups (broad SMARTS) is 1. The second-order valence-electron chi connectivity index (χ2n) is 4.85. The zero-order valence-corrected chi connectivity index (χ0v) is 12.7. The lowest BCUT2D eigenvalue weighted by Crippen LogP contribution is -2.33. The van der Waals surface area contributed by atoms with Crippen LogP contribution >= 0.6 is 0 Å². The van der Waals surface area contributed by atoms with Gasteiger partial charge in [-0.3, -0.25) is 4.79 Å². The first-order chi connectivity index (χ1) is 10.9. The molecule has 2 amide bonds. The number of esters is 1. The third-order valence-electron chi connectivity index (χ3n) is 3.16. The van der Waals surface area contributed by atoms with E-state index in [4.69, 9.17) is 9.52 Å². The number of ether oxygens (including phenoxy) is 1. The lowest BCUT2D eigenvalue weighted by molar-refractivity contribution is -0.137. The predicted molar refractivity (Wildman–Crippen MR) is 81.5 cm³/mol. The lowest BCUT2D eigenvalue weighted by Gasteiger charge is -2.16. The van der Waals surface area contributed by atoms with Crippen LogP contribution in [0.2, 0.25) is 0 Å². The van der Waals surface area contributed by atoms with E-state index in [2.05, 4.69) is 10.1 Å². The summed E-state index contributed by atoms with van der Waals surface area (Å²) in [6, 6.07) is 5.98. The fourth-order valence-corrected chi connectivity index (χ4v) is 1.91. The van der Waals surface area contributed by atoms with Crippen molar-refractivity contribution in [1.82, 2.24) is 4.90 Å². The monoisotopic (exact) mass is 320 g/mol. The highest BCUT2D eigenvalue weighted by Crippen LogP contribution is 2.23. The maximum absolute atomic E-state index is 11.9. The van der Waals surface area contributed by atoms with Crippen LogP contribution in [0.15, 0.2) is 28.7 Å². The second-order valence-corrected chi connectivity index (χ2v) is 4.85. The summed E-state index contributed by atoms with van der Waals surface area (Å²) in [5.41, 5.74) is 0.990. The third-order valence-corrected chi connectivity index (χ3v) is 3.16. The number of carbonyl (C=O) groups excluding carboxylic acids is 2. The van der Waals surface area contributed by atoms with Crippen LogP contribution in [0.25, 0.3) is 11.0 Å². The van der Waals surface area contributed by atoms with Crippen LogP contribution in [-0.2, 0) is 9.53 Å². The molecule has 2 N–H and O–H groups in total. The Kier molecular flexibility index (Phi) is 4.85. The molecule has 2 rings (SSSR count). The van der Waals surface area contributed by atoms with Gasteiger partial charge in [-0.25, -0.2) is 9.59 Å². The first-order valence-electron chi connectivity index (χ1n) is 6.76. The van der Waals surface area contributed by atoms with Gasteiger partial charge in [0.15, 0.2) is 0 Å². The lowest BCUT2D eigenvalue weighted by atomic mass is 10.2. The number of amides is 2. The van der Waals surface area contributed by atoms with Crippen LogP contribution in [0.3, 0.4) is 0 Å². The molecule has 0 radical (unpaired) electrons. The standard InChI is InChI=1S/C15H16N2O6/c1-17(6-5-13(18)19)15(21)16-10-3-4-11-9(7-10)8-12(23-11)14(20)22-2/h3-4,7-8H,5-6H2,1-2H3,(H,16,21)(H,18,19). The number of anilines is 1. The van der Waals surface area contributed by atoms with Crippen molar-refractivity contribution in [3.8, 4) is 0 Å². The van der Waals surface area contributed by atoms with E-state index >= 15 is 0 Å². The predicted octanol–water partition coefficient (Wildman–Crippen LogP) is 2.16. The smallest absolute Gasteiger partial charge is 0.373 e. The quantitative estimate of drug-likeness (QED) is 0.817. The average Bonchev–Trinajstić information content (AvgIpc) is 2.94. The van der Waals surface area contributed by atoms with Gasteiger partial charge >= 0.3 is 18.0 Å². The van der Waals surface area contributed by atoms with E-state index in [0.29, 0.717) is 16.7 Å². The number of benzene rings is 1. The highest BCUT2D eigenvalue weighted by Gasteiger charge is 2.14. The van der Waals surface area contributed by atoms with Gasteiger partial charge in [0.1, 0.15) is 5.58 Å². The Hall–Kier alpha value is -3.03. The molecule has 122 valence electrons. The zero-order valence-electron chi connectivity index (χ0n) is 12.7. The number of carboxylic acids is 1. The Labute approximate surface area is 131 Å². The molecule has 0 spiro atoms. The van der Waals surface area contributed by atoms with Gasteiger partial charge in [0.25, 0.3) is 0 Å². The molecule has 23 heavy (non-hydrogen) atoms. The van der Waals surface area contributed by atoms with Crippen molar-refractivity contribution in [2.24, 2.45) is 0 Å². The number of rotatable bonds is 5. The van der Waals surface area contributed by atoms with Crippen LogP contribution in [0.4, 0.5) is 10.5 Å². The number of nitrogens with one attached hydrogen (secondary N) is 1. The molecule has 2 aromatic rings. The molecule has 0 bridgehead atoms. The molecule has 0 saturated heterocycles. The van der Waals surface area contributed by atoms with Crippen LogP contribution in [-0.4, -0.2) is 48.7 Å². The van der Waals surface area contributed by atoms with Crippen LogP contribution in [0.1, 0.15) is 17.0 Å². The number of methoxy groups -OCH3 is 1. The number of aliphatic carboxylic acids is 1. The zero-order chi connectivity index (χ0) is 17.0. The van der Waals surface area contributed by atoms with E-state index in [-0.39, 0.29) is 18.7 Å². The van der Waals surface area contributed by atoms with Gasteiger partial charge in [0.05, 0.1) is 13.5 Å². The molecular formula is C15H16N2O6. The van der Waals surface area contributed by atoms with E-state index in [9.17, 15) is 14.4 Å². The summed E-state index contributed by atoms with van der Waals surface area (Å²) < 4.78 is 9.91. The minimum Gasteiger partial charge on any atom is -0.481 e. The van der Waals surface area contributed by atoms with Crippen molar-refractivity contribution in [2.45, 2.75) is 6.42 Å². The van der Waals surface area contributed by atoms with E-state index < -0.39 is 18.0 Å². The number of hydrogen-bond donors (Lipinski definition) is 2. The second kappa shape index (κ2) is 6.82. The van der Waals surface area contributed by atoms with Gasteiger partial charge in [-0.1, -0.05) is 0 Å². The molecule has 0 unspecified atom stereocenters. The van der Waals surface area contributed by atoms with Crippen molar-refractivity contribution >= 4 is 34.6 Å². The number of fused-ring (bicyclic) bond motifs is 1. The SMILES string of the molecule is COC(=O)c1cc2cc(NC(=O)N(C)CCC(=O)O)ccc2o1. The van der Waals surface area contributed by atoms with Gasteiger partial charge in [-0.05, 0) is 24.3 Å². The summed E-state index contributed by atoms with van der Waals surface area (Å²) in [4.78, 5) is 35.1. The molecule has 0 atom stereocenters. The molecule has 1 aromatic heterocycles. The summed E-state index contributed by atoms with van der Waals surface area (Å²) in [5, 5.41) is 11.9. The highest BCUT2D eigenvalue weighted by molar-refractivity contribution is 5.96. The molecular weight excluding hydrogens is 304 g/mol. The topological polar surface area (TPSA) is 109 Å². The average molecular weight is 320 g/mol. The fourth-order valence-electron chi connectivity index (χ4n) is 1.91. The molecule has 0 aliphatic carbocycles. The molecule has 8 heteroatoms. The summed E-state index contributed by atoms with van der Waals surface area (Å²) in [7, 11) is 2.76. The first-order valence-corrected chi connectivity index (χ1v) is 6.76. The number of urea groups is 1. The van der Waals surface area contributed by atoms with Crippen molar-refractivity contribution in [3.05, 3.63) is 30.0 Å². The van der Waals surface area contributed by atoms with Gasteiger partial charge < -0.3 is 24.5 Å². The highest BCUT2D eigenvalue weighted by atomic mass is 16.5. The fraction of sp³-hybridized carbons (Fsp3) is 0.267. The third kappa shape index (κ3) is 4.00. The van der Waals surface area contributed by atoms with Crippen LogP contribution in [0.5, 0.6) is 0 Å². The first kappa shape index (κ1) is 16.3. The number of carbonyl (C=O) groups is 3. The van der Waals surface area contributed by atoms with E-state index in [1.54, 1.807) is 18.2 Å². The van der Waals surface area contributed by atoms with Crippen molar-refractivity contribution in [1.29, 1.82) is 0 Å².